The summed E-state index contributed by atoms with van der Waals surface area (Å²) in [7, 11) is 0. The first-order chi connectivity index (χ1) is 9.72. The van der Waals surface area contributed by atoms with Crippen molar-refractivity contribution in [2.45, 2.75) is 64.8 Å². The Morgan fingerprint density at radius 3 is 2.10 bits per heavy atom. The Kier molecular flexibility index (Phi) is 8.86. The van der Waals surface area contributed by atoms with Gasteiger partial charge in [-0.05, 0) is 25.7 Å². The summed E-state index contributed by atoms with van der Waals surface area (Å²) in [6.45, 7) is 7.35. The van der Waals surface area contributed by atoms with Gasteiger partial charge in [0.25, 0.3) is 0 Å². The highest BCUT2D eigenvalue weighted by molar-refractivity contribution is 5.78. The lowest BCUT2D eigenvalue weighted by Gasteiger charge is -2.38. The molecule has 4 heteroatoms. The largest absolute Gasteiger partial charge is 0.395 e. The van der Waals surface area contributed by atoms with Gasteiger partial charge in [0.1, 0.15) is 0 Å². The molecule has 1 rings (SSSR count). The summed E-state index contributed by atoms with van der Waals surface area (Å²) in [6, 6.07) is 0.519. The molecule has 1 saturated carbocycles. The van der Waals surface area contributed by atoms with Crippen LogP contribution in [0.25, 0.3) is 0 Å². The Hall–Kier alpha value is -0.610. The van der Waals surface area contributed by atoms with Crippen LogP contribution < -0.4 is 0 Å². The van der Waals surface area contributed by atoms with Crippen LogP contribution in [0.15, 0.2) is 0 Å². The summed E-state index contributed by atoms with van der Waals surface area (Å²) in [4.78, 5) is 16.7. The number of nitrogens with zero attached hydrogens (tertiary/aromatic N) is 2. The number of unbranched alkanes of at least 4 members (excludes halogenated alkanes) is 2. The van der Waals surface area contributed by atoms with Gasteiger partial charge >= 0.3 is 0 Å². The van der Waals surface area contributed by atoms with Gasteiger partial charge in [-0.25, -0.2) is 0 Å². The third-order valence-corrected chi connectivity index (χ3v) is 4.23. The zero-order valence-electron chi connectivity index (χ0n) is 13.3. The van der Waals surface area contributed by atoms with E-state index in [9.17, 15) is 9.90 Å². The number of rotatable bonds is 11. The molecule has 1 aliphatic carbocycles. The first-order valence-corrected chi connectivity index (χ1v) is 8.35. The second-order valence-corrected chi connectivity index (χ2v) is 5.87. The van der Waals surface area contributed by atoms with Crippen LogP contribution in [-0.4, -0.2) is 59.6 Å². The van der Waals surface area contributed by atoms with Gasteiger partial charge in [-0.2, -0.15) is 0 Å². The van der Waals surface area contributed by atoms with Gasteiger partial charge in [0.15, 0.2) is 0 Å². The highest BCUT2D eigenvalue weighted by Gasteiger charge is 2.27. The monoisotopic (exact) mass is 284 g/mol. The predicted octanol–water partition coefficient (Wildman–Crippen LogP) is 2.26. The van der Waals surface area contributed by atoms with E-state index in [1.807, 2.05) is 4.90 Å². The molecule has 0 heterocycles. The van der Waals surface area contributed by atoms with Gasteiger partial charge in [-0.15, -0.1) is 0 Å². The Labute approximate surface area is 124 Å². The average Bonchev–Trinajstić information content (AvgIpc) is 2.37. The summed E-state index contributed by atoms with van der Waals surface area (Å²) in [5.74, 6) is 0.243. The number of carbonyl (C=O) groups is 1. The molecule has 0 atom stereocenters. The normalized spacial score (nSPS) is 15.4. The van der Waals surface area contributed by atoms with E-state index in [2.05, 4.69) is 18.7 Å². The molecule has 0 aromatic heterocycles. The highest BCUT2D eigenvalue weighted by atomic mass is 16.3. The van der Waals surface area contributed by atoms with Crippen molar-refractivity contribution in [1.29, 1.82) is 0 Å². The molecule has 1 fully saturated rings. The Morgan fingerprint density at radius 2 is 1.70 bits per heavy atom. The van der Waals surface area contributed by atoms with E-state index in [0.717, 1.165) is 38.8 Å². The van der Waals surface area contributed by atoms with Crippen LogP contribution in [0.3, 0.4) is 0 Å². The van der Waals surface area contributed by atoms with Crippen LogP contribution in [0.4, 0.5) is 0 Å². The number of hydrogen-bond donors (Lipinski definition) is 1. The van der Waals surface area contributed by atoms with Crippen LogP contribution in [0, 0.1) is 0 Å². The number of aliphatic hydroxyl groups is 1. The first kappa shape index (κ1) is 17.4. The number of amides is 1. The fourth-order valence-corrected chi connectivity index (χ4v) is 2.60. The molecule has 0 radical (unpaired) electrons. The van der Waals surface area contributed by atoms with E-state index in [1.54, 1.807) is 0 Å². The van der Waals surface area contributed by atoms with E-state index in [4.69, 9.17) is 0 Å². The maximum atomic E-state index is 12.5. The topological polar surface area (TPSA) is 43.8 Å². The third-order valence-electron chi connectivity index (χ3n) is 4.23. The fraction of sp³-hybridized carbons (Fsp3) is 0.938. The molecule has 0 aromatic carbocycles. The molecule has 0 aliphatic heterocycles. The fourth-order valence-electron chi connectivity index (χ4n) is 2.60. The van der Waals surface area contributed by atoms with Crippen molar-refractivity contribution in [3.8, 4) is 0 Å². The molecule has 0 spiro atoms. The molecule has 0 aromatic rings. The molecular formula is C16H32N2O2. The minimum atomic E-state index is 0.147. The molecule has 1 aliphatic rings. The molecule has 1 N–H and O–H groups in total. The summed E-state index contributed by atoms with van der Waals surface area (Å²) in [5, 5.41) is 9.17. The van der Waals surface area contributed by atoms with Crippen molar-refractivity contribution in [3.63, 3.8) is 0 Å². The van der Waals surface area contributed by atoms with E-state index in [0.29, 0.717) is 19.1 Å². The van der Waals surface area contributed by atoms with Crippen LogP contribution in [0.5, 0.6) is 0 Å². The summed E-state index contributed by atoms with van der Waals surface area (Å²) >= 11 is 0. The predicted molar refractivity (Wildman–Crippen MR) is 82.7 cm³/mol. The van der Waals surface area contributed by atoms with E-state index >= 15 is 0 Å². The zero-order valence-corrected chi connectivity index (χ0v) is 13.3. The maximum absolute atomic E-state index is 12.5. The van der Waals surface area contributed by atoms with E-state index in [1.165, 1.54) is 19.3 Å². The average molecular weight is 284 g/mol. The molecule has 4 nitrogen and oxygen atoms in total. The summed E-state index contributed by atoms with van der Waals surface area (Å²) in [5.41, 5.74) is 0. The van der Waals surface area contributed by atoms with Crippen molar-refractivity contribution in [1.82, 2.24) is 9.80 Å². The van der Waals surface area contributed by atoms with Crippen LogP contribution in [-0.2, 0) is 4.79 Å². The van der Waals surface area contributed by atoms with E-state index in [-0.39, 0.29) is 12.5 Å². The molecular weight excluding hydrogens is 252 g/mol. The highest BCUT2D eigenvalue weighted by Crippen LogP contribution is 2.24. The lowest BCUT2D eigenvalue weighted by atomic mass is 9.91. The molecule has 1 amide bonds. The van der Waals surface area contributed by atoms with Crippen molar-refractivity contribution >= 4 is 5.91 Å². The van der Waals surface area contributed by atoms with Gasteiger partial charge in [-0.1, -0.05) is 33.1 Å². The third kappa shape index (κ3) is 5.80. The molecule has 118 valence electrons. The SMILES string of the molecule is CCCCN(CCCC)C(=O)CN(CCO)C1CCC1. The smallest absolute Gasteiger partial charge is 0.236 e. The zero-order chi connectivity index (χ0) is 14.8. The first-order valence-electron chi connectivity index (χ1n) is 8.35. The van der Waals surface area contributed by atoms with Gasteiger partial charge in [0.05, 0.1) is 13.2 Å². The molecule has 0 bridgehead atoms. The van der Waals surface area contributed by atoms with Gasteiger partial charge in [0, 0.05) is 25.7 Å². The van der Waals surface area contributed by atoms with Crippen LogP contribution in [0.2, 0.25) is 0 Å². The minimum Gasteiger partial charge on any atom is -0.395 e. The standard InChI is InChI=1S/C16H32N2O2/c1-3-5-10-17(11-6-4-2)16(20)14-18(12-13-19)15-8-7-9-15/h15,19H,3-14H2,1-2H3. The Morgan fingerprint density at radius 1 is 1.10 bits per heavy atom. The quantitative estimate of drug-likeness (QED) is 0.633. The molecule has 0 unspecified atom stereocenters. The maximum Gasteiger partial charge on any atom is 0.236 e. The molecule has 20 heavy (non-hydrogen) atoms. The van der Waals surface area contributed by atoms with Gasteiger partial charge < -0.3 is 10.0 Å². The van der Waals surface area contributed by atoms with Crippen molar-refractivity contribution in [3.05, 3.63) is 0 Å². The summed E-state index contributed by atoms with van der Waals surface area (Å²) < 4.78 is 0. The van der Waals surface area contributed by atoms with Crippen LogP contribution in [0.1, 0.15) is 58.8 Å². The number of carbonyl (C=O) groups excluding carboxylic acids is 1. The van der Waals surface area contributed by atoms with Crippen molar-refractivity contribution in [2.75, 3.05) is 32.8 Å². The lowest BCUT2D eigenvalue weighted by molar-refractivity contribution is -0.133. The summed E-state index contributed by atoms with van der Waals surface area (Å²) in [6.07, 6.45) is 8.03. The minimum absolute atomic E-state index is 0.147. The van der Waals surface area contributed by atoms with Crippen molar-refractivity contribution < 1.29 is 9.90 Å². The number of hydrogen-bond acceptors (Lipinski definition) is 3. The van der Waals surface area contributed by atoms with Gasteiger partial charge in [-0.3, -0.25) is 9.69 Å². The second-order valence-electron chi connectivity index (χ2n) is 5.87. The Bertz CT molecular complexity index is 259. The molecule has 0 saturated heterocycles. The lowest BCUT2D eigenvalue weighted by Crippen LogP contribution is -2.48. The van der Waals surface area contributed by atoms with Crippen LogP contribution >= 0.6 is 0 Å². The van der Waals surface area contributed by atoms with Gasteiger partial charge in [0.2, 0.25) is 5.91 Å². The Balaban J connectivity index is 2.47. The number of aliphatic hydroxyl groups excluding tert-OH is 1. The van der Waals surface area contributed by atoms with Crippen molar-refractivity contribution in [2.24, 2.45) is 0 Å². The van der Waals surface area contributed by atoms with E-state index < -0.39 is 0 Å². The second kappa shape index (κ2) is 10.2.